The Bertz CT molecular complexity index is 847. The molecule has 0 bridgehead atoms. The topological polar surface area (TPSA) is 68.0 Å². The summed E-state index contributed by atoms with van der Waals surface area (Å²) in [4.78, 5) is 16.4. The first-order valence-electron chi connectivity index (χ1n) is 8.52. The second-order valence-electron chi connectivity index (χ2n) is 6.13. The van der Waals surface area contributed by atoms with Crippen LogP contribution >= 0.6 is 11.6 Å². The maximum atomic E-state index is 12.1. The molecule has 1 atom stereocenters. The van der Waals surface area contributed by atoms with E-state index < -0.39 is 0 Å². The van der Waals surface area contributed by atoms with E-state index >= 15 is 0 Å². The van der Waals surface area contributed by atoms with Crippen molar-refractivity contribution in [3.8, 4) is 11.4 Å². The highest BCUT2D eigenvalue weighted by Crippen LogP contribution is 2.19. The van der Waals surface area contributed by atoms with Crippen LogP contribution in [0.5, 0.6) is 0 Å². The molecule has 0 fully saturated rings. The summed E-state index contributed by atoms with van der Waals surface area (Å²) in [5, 5.41) is 7.55. The fraction of sp³-hybridized carbons (Fsp3) is 0.250. The van der Waals surface area contributed by atoms with Gasteiger partial charge in [0.15, 0.2) is 0 Å². The molecule has 1 N–H and O–H groups in total. The van der Waals surface area contributed by atoms with Crippen molar-refractivity contribution in [2.24, 2.45) is 0 Å². The number of rotatable bonds is 7. The van der Waals surface area contributed by atoms with Gasteiger partial charge in [-0.3, -0.25) is 4.79 Å². The van der Waals surface area contributed by atoms with Gasteiger partial charge in [0.1, 0.15) is 0 Å². The Morgan fingerprint density at radius 2 is 1.88 bits per heavy atom. The van der Waals surface area contributed by atoms with Gasteiger partial charge in [-0.05, 0) is 35.7 Å². The van der Waals surface area contributed by atoms with Crippen molar-refractivity contribution in [3.63, 3.8) is 0 Å². The number of nitrogens with one attached hydrogen (secondary N) is 1. The highest BCUT2D eigenvalue weighted by molar-refractivity contribution is 6.30. The van der Waals surface area contributed by atoms with Crippen LogP contribution in [0, 0.1) is 0 Å². The standard InChI is InChI=1S/C20H20ClN3O2/c1-14(15-5-3-2-4-6-15)13-22-18(25)11-12-19-23-20(24-26-19)16-7-9-17(21)10-8-16/h2-10,14H,11-13H2,1H3,(H,22,25). The zero-order chi connectivity index (χ0) is 18.4. The first kappa shape index (κ1) is 18.1. The van der Waals surface area contributed by atoms with Crippen LogP contribution in [0.15, 0.2) is 59.1 Å². The highest BCUT2D eigenvalue weighted by atomic mass is 35.5. The Hall–Kier alpha value is -2.66. The molecular formula is C20H20ClN3O2. The molecule has 0 aliphatic rings. The maximum absolute atomic E-state index is 12.1. The Morgan fingerprint density at radius 3 is 2.62 bits per heavy atom. The van der Waals surface area contributed by atoms with E-state index in [0.29, 0.717) is 36.1 Å². The van der Waals surface area contributed by atoms with Gasteiger partial charge >= 0.3 is 0 Å². The van der Waals surface area contributed by atoms with Gasteiger partial charge in [-0.25, -0.2) is 0 Å². The molecule has 1 aromatic heterocycles. The molecule has 0 aliphatic heterocycles. The van der Waals surface area contributed by atoms with Crippen LogP contribution in [0.1, 0.15) is 30.7 Å². The minimum Gasteiger partial charge on any atom is -0.355 e. The van der Waals surface area contributed by atoms with Crippen LogP contribution in [-0.4, -0.2) is 22.6 Å². The predicted octanol–water partition coefficient (Wildman–Crippen LogP) is 4.24. The van der Waals surface area contributed by atoms with Crippen molar-refractivity contribution in [3.05, 3.63) is 71.1 Å². The number of amides is 1. The predicted molar refractivity (Wildman–Crippen MR) is 101 cm³/mol. The van der Waals surface area contributed by atoms with Crippen molar-refractivity contribution in [1.29, 1.82) is 0 Å². The summed E-state index contributed by atoms with van der Waals surface area (Å²) in [5.74, 6) is 1.18. The zero-order valence-electron chi connectivity index (χ0n) is 14.5. The van der Waals surface area contributed by atoms with Crippen LogP contribution in [0.3, 0.4) is 0 Å². The summed E-state index contributed by atoms with van der Waals surface area (Å²) in [6, 6.07) is 17.3. The zero-order valence-corrected chi connectivity index (χ0v) is 15.2. The van der Waals surface area contributed by atoms with Crippen LogP contribution in [0.25, 0.3) is 11.4 Å². The second-order valence-corrected chi connectivity index (χ2v) is 6.57. The third-order valence-corrected chi connectivity index (χ3v) is 4.36. The van der Waals surface area contributed by atoms with Crippen molar-refractivity contribution < 1.29 is 9.32 Å². The SMILES string of the molecule is CC(CNC(=O)CCc1nc(-c2ccc(Cl)cc2)no1)c1ccccc1. The molecule has 2 aromatic carbocycles. The molecule has 1 unspecified atom stereocenters. The number of halogens is 1. The van der Waals surface area contributed by atoms with Gasteiger partial charge in [-0.2, -0.15) is 4.98 Å². The third-order valence-electron chi connectivity index (χ3n) is 4.11. The van der Waals surface area contributed by atoms with E-state index in [0.717, 1.165) is 5.56 Å². The number of aryl methyl sites for hydroxylation is 1. The first-order chi connectivity index (χ1) is 12.6. The van der Waals surface area contributed by atoms with Gasteiger partial charge < -0.3 is 9.84 Å². The van der Waals surface area contributed by atoms with Gasteiger partial charge in [0.2, 0.25) is 17.6 Å². The van der Waals surface area contributed by atoms with E-state index in [1.54, 1.807) is 12.1 Å². The van der Waals surface area contributed by atoms with Crippen LogP contribution < -0.4 is 5.32 Å². The molecule has 1 heterocycles. The lowest BCUT2D eigenvalue weighted by molar-refractivity contribution is -0.121. The number of carbonyl (C=O) groups excluding carboxylic acids is 1. The molecule has 3 rings (SSSR count). The molecule has 0 saturated heterocycles. The Labute approximate surface area is 157 Å². The van der Waals surface area contributed by atoms with E-state index in [-0.39, 0.29) is 11.8 Å². The van der Waals surface area contributed by atoms with Gasteiger partial charge in [-0.1, -0.05) is 54.0 Å². The van der Waals surface area contributed by atoms with Gasteiger partial charge in [0, 0.05) is 30.0 Å². The summed E-state index contributed by atoms with van der Waals surface area (Å²) in [5.41, 5.74) is 2.03. The first-order valence-corrected chi connectivity index (χ1v) is 8.90. The van der Waals surface area contributed by atoms with E-state index in [9.17, 15) is 4.79 Å². The maximum Gasteiger partial charge on any atom is 0.227 e. The molecule has 0 radical (unpaired) electrons. The average Bonchev–Trinajstić information content (AvgIpc) is 3.14. The Balaban J connectivity index is 1.47. The molecule has 5 nitrogen and oxygen atoms in total. The molecule has 134 valence electrons. The number of hydrogen-bond acceptors (Lipinski definition) is 4. The van der Waals surface area contributed by atoms with Crippen LogP contribution in [-0.2, 0) is 11.2 Å². The van der Waals surface area contributed by atoms with Crippen LogP contribution in [0.2, 0.25) is 5.02 Å². The van der Waals surface area contributed by atoms with Crippen LogP contribution in [0.4, 0.5) is 0 Å². The second kappa shape index (κ2) is 8.63. The molecule has 0 aliphatic carbocycles. The summed E-state index contributed by atoms with van der Waals surface area (Å²) in [6.45, 7) is 2.69. The van der Waals surface area contributed by atoms with E-state index in [4.69, 9.17) is 16.1 Å². The molecule has 26 heavy (non-hydrogen) atoms. The molecule has 3 aromatic rings. The molecule has 0 saturated carbocycles. The van der Waals surface area contributed by atoms with E-state index in [1.807, 2.05) is 30.3 Å². The fourth-order valence-electron chi connectivity index (χ4n) is 2.55. The van der Waals surface area contributed by atoms with Gasteiger partial charge in [-0.15, -0.1) is 0 Å². The van der Waals surface area contributed by atoms with Crippen molar-refractivity contribution >= 4 is 17.5 Å². The quantitative estimate of drug-likeness (QED) is 0.676. The van der Waals surface area contributed by atoms with Gasteiger partial charge in [0.25, 0.3) is 0 Å². The number of aromatic nitrogens is 2. The van der Waals surface area contributed by atoms with E-state index in [2.05, 4.69) is 34.5 Å². The fourth-order valence-corrected chi connectivity index (χ4v) is 2.67. The summed E-state index contributed by atoms with van der Waals surface area (Å²) in [6.07, 6.45) is 0.718. The van der Waals surface area contributed by atoms with E-state index in [1.165, 1.54) is 5.56 Å². The smallest absolute Gasteiger partial charge is 0.227 e. The monoisotopic (exact) mass is 369 g/mol. The normalized spacial score (nSPS) is 11.9. The Morgan fingerprint density at radius 1 is 1.15 bits per heavy atom. The van der Waals surface area contributed by atoms with Crippen molar-refractivity contribution in [2.75, 3.05) is 6.54 Å². The highest BCUT2D eigenvalue weighted by Gasteiger charge is 2.12. The lowest BCUT2D eigenvalue weighted by atomic mass is 10.0. The lowest BCUT2D eigenvalue weighted by Crippen LogP contribution is -2.27. The average molecular weight is 370 g/mol. The molecule has 6 heteroatoms. The summed E-state index contributed by atoms with van der Waals surface area (Å²) < 4.78 is 5.22. The van der Waals surface area contributed by atoms with Crippen molar-refractivity contribution in [2.45, 2.75) is 25.7 Å². The largest absolute Gasteiger partial charge is 0.355 e. The third kappa shape index (κ3) is 4.92. The van der Waals surface area contributed by atoms with Crippen molar-refractivity contribution in [1.82, 2.24) is 15.5 Å². The number of nitrogens with zero attached hydrogens (tertiary/aromatic N) is 2. The number of carbonyl (C=O) groups is 1. The minimum absolute atomic E-state index is 0.0287. The number of benzene rings is 2. The minimum atomic E-state index is -0.0287. The van der Waals surface area contributed by atoms with Gasteiger partial charge in [0.05, 0.1) is 0 Å². The lowest BCUT2D eigenvalue weighted by Gasteiger charge is -2.12. The number of hydrogen-bond donors (Lipinski definition) is 1. The molecule has 0 spiro atoms. The Kier molecular flexibility index (Phi) is 6.02. The summed E-state index contributed by atoms with van der Waals surface area (Å²) >= 11 is 5.87. The molecule has 1 amide bonds. The summed E-state index contributed by atoms with van der Waals surface area (Å²) in [7, 11) is 0. The molecular weight excluding hydrogens is 350 g/mol.